The molecule has 14 heavy (non-hydrogen) atoms. The first-order chi connectivity index (χ1) is 6.60. The molecule has 0 bridgehead atoms. The van der Waals surface area contributed by atoms with Crippen molar-refractivity contribution in [1.82, 2.24) is 0 Å². The minimum atomic E-state index is -1.15. The van der Waals surface area contributed by atoms with E-state index in [4.69, 9.17) is 9.84 Å². The molecule has 0 heterocycles. The minimum Gasteiger partial charge on any atom is -0.479 e. The molecule has 0 spiro atoms. The van der Waals surface area contributed by atoms with Gasteiger partial charge in [-0.05, 0) is 19.4 Å². The Hall–Kier alpha value is -1.09. The predicted molar refractivity (Wildman–Crippen MR) is 54.1 cm³/mol. The Morgan fingerprint density at radius 1 is 1.64 bits per heavy atom. The third-order valence-electron chi connectivity index (χ3n) is 2.38. The van der Waals surface area contributed by atoms with Crippen LogP contribution in [0.25, 0.3) is 0 Å². The SMILES string of the molecule is CCC(C)OC1(C(=O)O)C=CC=CC1. The van der Waals surface area contributed by atoms with Gasteiger partial charge in [0.15, 0.2) is 5.60 Å². The molecule has 1 rings (SSSR count). The summed E-state index contributed by atoms with van der Waals surface area (Å²) in [4.78, 5) is 11.1. The van der Waals surface area contributed by atoms with Crippen molar-refractivity contribution in [1.29, 1.82) is 0 Å². The van der Waals surface area contributed by atoms with Crippen molar-refractivity contribution in [3.05, 3.63) is 24.3 Å². The normalized spacial score (nSPS) is 27.6. The first-order valence-corrected chi connectivity index (χ1v) is 4.86. The lowest BCUT2D eigenvalue weighted by atomic mass is 9.95. The van der Waals surface area contributed by atoms with Crippen LogP contribution in [-0.2, 0) is 9.53 Å². The summed E-state index contributed by atoms with van der Waals surface area (Å²) in [6.07, 6.45) is 8.16. The standard InChI is InChI=1S/C11H16O3/c1-3-9(2)14-11(10(12)13)7-5-4-6-8-11/h4-7,9H,3,8H2,1-2H3,(H,12,13). The van der Waals surface area contributed by atoms with E-state index in [9.17, 15) is 4.79 Å². The number of aliphatic carboxylic acids is 1. The van der Waals surface area contributed by atoms with Gasteiger partial charge in [-0.25, -0.2) is 4.79 Å². The van der Waals surface area contributed by atoms with E-state index in [1.165, 1.54) is 0 Å². The van der Waals surface area contributed by atoms with Gasteiger partial charge in [0.25, 0.3) is 0 Å². The number of ether oxygens (including phenoxy) is 1. The van der Waals surface area contributed by atoms with Gasteiger partial charge in [0.2, 0.25) is 0 Å². The fourth-order valence-corrected chi connectivity index (χ4v) is 1.34. The molecular weight excluding hydrogens is 180 g/mol. The Bertz CT molecular complexity index is 268. The van der Waals surface area contributed by atoms with E-state index in [2.05, 4.69) is 0 Å². The van der Waals surface area contributed by atoms with Gasteiger partial charge < -0.3 is 9.84 Å². The monoisotopic (exact) mass is 196 g/mol. The van der Waals surface area contributed by atoms with Gasteiger partial charge in [0, 0.05) is 6.42 Å². The van der Waals surface area contributed by atoms with Crippen molar-refractivity contribution in [3.63, 3.8) is 0 Å². The fraction of sp³-hybridized carbons (Fsp3) is 0.545. The third kappa shape index (κ3) is 2.23. The van der Waals surface area contributed by atoms with Gasteiger partial charge in [-0.3, -0.25) is 0 Å². The Morgan fingerprint density at radius 2 is 2.36 bits per heavy atom. The van der Waals surface area contributed by atoms with Crippen molar-refractivity contribution in [3.8, 4) is 0 Å². The van der Waals surface area contributed by atoms with Crippen molar-refractivity contribution in [2.45, 2.75) is 38.4 Å². The van der Waals surface area contributed by atoms with Crippen LogP contribution in [0.2, 0.25) is 0 Å². The predicted octanol–water partition coefficient (Wildman–Crippen LogP) is 2.14. The van der Waals surface area contributed by atoms with Crippen molar-refractivity contribution < 1.29 is 14.6 Å². The summed E-state index contributed by atoms with van der Waals surface area (Å²) in [5.74, 6) is -0.918. The average molecular weight is 196 g/mol. The molecule has 1 aliphatic rings. The Balaban J connectivity index is 2.78. The zero-order valence-electron chi connectivity index (χ0n) is 8.56. The molecule has 3 nitrogen and oxygen atoms in total. The molecule has 1 N–H and O–H groups in total. The molecule has 0 fully saturated rings. The second kappa shape index (κ2) is 4.42. The summed E-state index contributed by atoms with van der Waals surface area (Å²) < 4.78 is 5.55. The van der Waals surface area contributed by atoms with E-state index in [1.54, 1.807) is 12.2 Å². The van der Waals surface area contributed by atoms with Gasteiger partial charge >= 0.3 is 5.97 Å². The summed E-state index contributed by atoms with van der Waals surface area (Å²) in [6.45, 7) is 3.86. The molecule has 2 atom stereocenters. The first kappa shape index (κ1) is 11.0. The second-order valence-electron chi connectivity index (χ2n) is 3.52. The van der Waals surface area contributed by atoms with Crippen molar-refractivity contribution >= 4 is 5.97 Å². The fourth-order valence-electron chi connectivity index (χ4n) is 1.34. The zero-order valence-corrected chi connectivity index (χ0v) is 8.56. The van der Waals surface area contributed by atoms with Gasteiger partial charge in [-0.15, -0.1) is 0 Å². The van der Waals surface area contributed by atoms with Crippen LogP contribution >= 0.6 is 0 Å². The molecule has 1 aliphatic carbocycles. The number of rotatable bonds is 4. The maximum absolute atomic E-state index is 11.1. The Kier molecular flexibility index (Phi) is 3.47. The topological polar surface area (TPSA) is 46.5 Å². The molecule has 0 aromatic heterocycles. The largest absolute Gasteiger partial charge is 0.479 e. The number of carbonyl (C=O) groups is 1. The van der Waals surface area contributed by atoms with E-state index in [0.29, 0.717) is 6.42 Å². The number of carboxylic acids is 1. The lowest BCUT2D eigenvalue weighted by Crippen LogP contribution is -2.42. The Morgan fingerprint density at radius 3 is 2.79 bits per heavy atom. The van der Waals surface area contributed by atoms with Crippen LogP contribution in [0, 0.1) is 0 Å². The summed E-state index contributed by atoms with van der Waals surface area (Å²) >= 11 is 0. The first-order valence-electron chi connectivity index (χ1n) is 4.86. The molecule has 2 unspecified atom stereocenters. The second-order valence-corrected chi connectivity index (χ2v) is 3.52. The lowest BCUT2D eigenvalue weighted by molar-refractivity contribution is -0.164. The number of hydrogen-bond donors (Lipinski definition) is 1. The molecule has 0 aliphatic heterocycles. The lowest BCUT2D eigenvalue weighted by Gasteiger charge is -2.29. The van der Waals surface area contributed by atoms with E-state index in [0.717, 1.165) is 6.42 Å². The highest BCUT2D eigenvalue weighted by molar-refractivity contribution is 5.81. The zero-order chi connectivity index (χ0) is 10.6. The summed E-state index contributed by atoms with van der Waals surface area (Å²) in [6, 6.07) is 0. The van der Waals surface area contributed by atoms with E-state index >= 15 is 0 Å². The molecule has 3 heteroatoms. The Labute approximate surface area is 84.1 Å². The smallest absolute Gasteiger partial charge is 0.340 e. The summed E-state index contributed by atoms with van der Waals surface area (Å²) in [5.41, 5.74) is -1.15. The van der Waals surface area contributed by atoms with E-state index < -0.39 is 11.6 Å². The molecule has 0 amide bonds. The van der Waals surface area contributed by atoms with Crippen LogP contribution in [-0.4, -0.2) is 22.8 Å². The van der Waals surface area contributed by atoms with Crippen LogP contribution < -0.4 is 0 Å². The van der Waals surface area contributed by atoms with Gasteiger partial charge in [0.1, 0.15) is 0 Å². The van der Waals surface area contributed by atoms with E-state index in [-0.39, 0.29) is 6.10 Å². The van der Waals surface area contributed by atoms with Crippen LogP contribution in [0.1, 0.15) is 26.7 Å². The molecule has 0 saturated carbocycles. The molecule has 0 saturated heterocycles. The number of allylic oxidation sites excluding steroid dienone is 2. The summed E-state index contributed by atoms with van der Waals surface area (Å²) in [7, 11) is 0. The van der Waals surface area contributed by atoms with Crippen LogP contribution in [0.5, 0.6) is 0 Å². The number of hydrogen-bond acceptors (Lipinski definition) is 2. The van der Waals surface area contributed by atoms with Crippen LogP contribution in [0.3, 0.4) is 0 Å². The maximum Gasteiger partial charge on any atom is 0.340 e. The van der Waals surface area contributed by atoms with Crippen molar-refractivity contribution in [2.24, 2.45) is 0 Å². The highest BCUT2D eigenvalue weighted by Crippen LogP contribution is 2.25. The average Bonchev–Trinajstić information content (AvgIpc) is 2.19. The summed E-state index contributed by atoms with van der Waals surface area (Å²) in [5, 5.41) is 9.12. The van der Waals surface area contributed by atoms with Gasteiger partial charge in [0.05, 0.1) is 6.10 Å². The highest BCUT2D eigenvalue weighted by atomic mass is 16.5. The van der Waals surface area contributed by atoms with Crippen LogP contribution in [0.15, 0.2) is 24.3 Å². The quantitative estimate of drug-likeness (QED) is 0.749. The van der Waals surface area contributed by atoms with Gasteiger partial charge in [-0.1, -0.05) is 25.2 Å². The minimum absolute atomic E-state index is 0.0396. The van der Waals surface area contributed by atoms with Crippen molar-refractivity contribution in [2.75, 3.05) is 0 Å². The highest BCUT2D eigenvalue weighted by Gasteiger charge is 2.37. The number of carboxylic acid groups (broad SMARTS) is 1. The molecule has 78 valence electrons. The molecule has 0 radical (unpaired) electrons. The molecule has 0 aromatic carbocycles. The third-order valence-corrected chi connectivity index (χ3v) is 2.38. The van der Waals surface area contributed by atoms with E-state index in [1.807, 2.05) is 26.0 Å². The van der Waals surface area contributed by atoms with Crippen LogP contribution in [0.4, 0.5) is 0 Å². The molecule has 0 aromatic rings. The maximum atomic E-state index is 11.1. The molecular formula is C11H16O3. The van der Waals surface area contributed by atoms with Gasteiger partial charge in [-0.2, -0.15) is 0 Å².